The lowest BCUT2D eigenvalue weighted by Crippen LogP contribution is -2.12. The van der Waals surface area contributed by atoms with Crippen LogP contribution in [0.1, 0.15) is 10.4 Å². The summed E-state index contributed by atoms with van der Waals surface area (Å²) in [6.45, 7) is -1.57. The number of rotatable bonds is 7. The zero-order valence-corrected chi connectivity index (χ0v) is 9.12. The van der Waals surface area contributed by atoms with Crippen LogP contribution in [0.25, 0.3) is 0 Å². The lowest BCUT2D eigenvalue weighted by molar-refractivity contribution is 0.0999. The Bertz CT molecular complexity index is 359. The van der Waals surface area contributed by atoms with E-state index >= 15 is 0 Å². The van der Waals surface area contributed by atoms with Gasteiger partial charge in [0.25, 0.3) is 0 Å². The number of alkyl halides is 2. The largest absolute Gasteiger partial charge is 0.491 e. The van der Waals surface area contributed by atoms with Gasteiger partial charge in [-0.25, -0.2) is 8.78 Å². The maximum absolute atomic E-state index is 11.9. The van der Waals surface area contributed by atoms with Crippen molar-refractivity contribution in [2.75, 3.05) is 26.6 Å². The molecule has 0 atom stereocenters. The number of carbonyl (C=O) groups excluding carboxylic acids is 1. The summed E-state index contributed by atoms with van der Waals surface area (Å²) in [6, 6.07) is 4.19. The number of halogens is 2. The van der Waals surface area contributed by atoms with Gasteiger partial charge < -0.3 is 15.2 Å². The van der Waals surface area contributed by atoms with Gasteiger partial charge >= 0.3 is 0 Å². The van der Waals surface area contributed by atoms with Crippen LogP contribution in [0.5, 0.6) is 11.5 Å². The molecule has 0 fully saturated rings. The van der Waals surface area contributed by atoms with Crippen LogP contribution in [0.15, 0.2) is 18.2 Å². The highest BCUT2D eigenvalue weighted by Crippen LogP contribution is 2.23. The molecule has 94 valence electrons. The lowest BCUT2D eigenvalue weighted by Gasteiger charge is -2.09. The number of carbonyl (C=O) groups is 1. The van der Waals surface area contributed by atoms with Gasteiger partial charge in [0.05, 0.1) is 0 Å². The third kappa shape index (κ3) is 4.26. The molecule has 4 nitrogen and oxygen atoms in total. The Balaban J connectivity index is 2.88. The molecule has 1 rings (SSSR count). The van der Waals surface area contributed by atoms with Crippen molar-refractivity contribution in [1.82, 2.24) is 0 Å². The molecule has 2 N–H and O–H groups in total. The average Bonchev–Trinajstić information content (AvgIpc) is 2.33. The molecule has 17 heavy (non-hydrogen) atoms. The Kier molecular flexibility index (Phi) is 5.19. The molecule has 0 heterocycles. The van der Waals surface area contributed by atoms with Crippen molar-refractivity contribution in [2.24, 2.45) is 5.73 Å². The fourth-order valence-corrected chi connectivity index (χ4v) is 1.19. The number of amides is 1. The van der Waals surface area contributed by atoms with Crippen LogP contribution in [0.2, 0.25) is 0 Å². The maximum Gasteiger partial charge on any atom is 0.248 e. The van der Waals surface area contributed by atoms with E-state index in [0.717, 1.165) is 0 Å². The minimum absolute atomic E-state index is 0.134. The van der Waals surface area contributed by atoms with E-state index in [1.807, 2.05) is 0 Å². The molecule has 0 aliphatic carbocycles. The van der Waals surface area contributed by atoms with Crippen molar-refractivity contribution < 1.29 is 23.0 Å². The molecule has 6 heteroatoms. The summed E-state index contributed by atoms with van der Waals surface area (Å²) < 4.78 is 33.9. The second-order valence-corrected chi connectivity index (χ2v) is 3.13. The van der Waals surface area contributed by atoms with Gasteiger partial charge in [-0.3, -0.25) is 4.79 Å². The Hall–Kier alpha value is -1.85. The molecule has 0 bridgehead atoms. The van der Waals surface area contributed by atoms with E-state index in [1.165, 1.54) is 18.2 Å². The van der Waals surface area contributed by atoms with Gasteiger partial charge in [-0.05, 0) is 12.1 Å². The summed E-state index contributed by atoms with van der Waals surface area (Å²) in [4.78, 5) is 11.0. The maximum atomic E-state index is 11.9. The average molecular weight is 245 g/mol. The molecule has 0 saturated carbocycles. The number of primary amides is 1. The summed E-state index contributed by atoms with van der Waals surface area (Å²) >= 11 is 0. The van der Waals surface area contributed by atoms with E-state index in [1.54, 1.807) is 0 Å². The van der Waals surface area contributed by atoms with E-state index in [9.17, 15) is 13.6 Å². The van der Waals surface area contributed by atoms with Crippen molar-refractivity contribution in [3.63, 3.8) is 0 Å². The molecule has 0 spiro atoms. The minimum Gasteiger partial charge on any atom is -0.491 e. The Morgan fingerprint density at radius 1 is 1.06 bits per heavy atom. The zero-order valence-electron chi connectivity index (χ0n) is 9.12. The molecule has 0 aliphatic rings. The first kappa shape index (κ1) is 13.2. The smallest absolute Gasteiger partial charge is 0.248 e. The molecule has 0 aromatic heterocycles. The normalized spacial score (nSPS) is 10.0. The van der Waals surface area contributed by atoms with Gasteiger partial charge in [0.2, 0.25) is 5.91 Å². The first-order valence-electron chi connectivity index (χ1n) is 4.99. The van der Waals surface area contributed by atoms with E-state index < -0.39 is 19.3 Å². The summed E-state index contributed by atoms with van der Waals surface area (Å²) in [5, 5.41) is 0. The first-order valence-corrected chi connectivity index (χ1v) is 4.99. The molecular weight excluding hydrogens is 232 g/mol. The Labute approximate surface area is 97.3 Å². The molecule has 1 amide bonds. The van der Waals surface area contributed by atoms with Crippen LogP contribution in [-0.4, -0.2) is 32.5 Å². The minimum atomic E-state index is -0.666. The summed E-state index contributed by atoms with van der Waals surface area (Å²) in [5.74, 6) is -0.151. The molecule has 0 radical (unpaired) electrons. The molecule has 1 aromatic carbocycles. The number of nitrogens with two attached hydrogens (primary N) is 1. The lowest BCUT2D eigenvalue weighted by atomic mass is 10.2. The second kappa shape index (κ2) is 6.67. The fourth-order valence-electron chi connectivity index (χ4n) is 1.19. The molecule has 0 unspecified atom stereocenters. The predicted molar refractivity (Wildman–Crippen MR) is 57.9 cm³/mol. The van der Waals surface area contributed by atoms with E-state index in [-0.39, 0.29) is 30.3 Å². The standard InChI is InChI=1S/C11H13F2NO3/c12-1-3-16-9-5-8(11(14)15)6-10(7-9)17-4-2-13/h5-7H,1-4H2,(H2,14,15). The highest BCUT2D eigenvalue weighted by atomic mass is 19.1. The van der Waals surface area contributed by atoms with Crippen molar-refractivity contribution in [3.05, 3.63) is 23.8 Å². The quantitative estimate of drug-likeness (QED) is 0.791. The van der Waals surface area contributed by atoms with Gasteiger partial charge in [0.1, 0.15) is 38.1 Å². The second-order valence-electron chi connectivity index (χ2n) is 3.13. The van der Waals surface area contributed by atoms with Gasteiger partial charge in [0.15, 0.2) is 0 Å². The molecule has 0 saturated heterocycles. The highest BCUT2D eigenvalue weighted by molar-refractivity contribution is 5.93. The van der Waals surface area contributed by atoms with Crippen LogP contribution in [0, 0.1) is 0 Å². The number of hydrogen-bond acceptors (Lipinski definition) is 3. The summed E-state index contributed by atoms with van der Waals surface area (Å²) in [5.41, 5.74) is 5.27. The monoisotopic (exact) mass is 245 g/mol. The first-order chi connectivity index (χ1) is 8.17. The Morgan fingerprint density at radius 2 is 1.53 bits per heavy atom. The van der Waals surface area contributed by atoms with Crippen LogP contribution in [0.3, 0.4) is 0 Å². The summed E-state index contributed by atoms with van der Waals surface area (Å²) in [6.07, 6.45) is 0. The van der Waals surface area contributed by atoms with Crippen molar-refractivity contribution >= 4 is 5.91 Å². The molecular formula is C11H13F2NO3. The third-order valence-electron chi connectivity index (χ3n) is 1.86. The third-order valence-corrected chi connectivity index (χ3v) is 1.86. The Morgan fingerprint density at radius 3 is 1.88 bits per heavy atom. The van der Waals surface area contributed by atoms with E-state index in [4.69, 9.17) is 15.2 Å². The number of ether oxygens (including phenoxy) is 2. The van der Waals surface area contributed by atoms with Crippen molar-refractivity contribution in [3.8, 4) is 11.5 Å². The van der Waals surface area contributed by atoms with Crippen LogP contribution in [-0.2, 0) is 0 Å². The molecule has 1 aromatic rings. The van der Waals surface area contributed by atoms with Gasteiger partial charge in [-0.15, -0.1) is 0 Å². The zero-order chi connectivity index (χ0) is 12.7. The van der Waals surface area contributed by atoms with Crippen molar-refractivity contribution in [1.29, 1.82) is 0 Å². The number of hydrogen-bond donors (Lipinski definition) is 1. The topological polar surface area (TPSA) is 61.6 Å². The van der Waals surface area contributed by atoms with Crippen molar-refractivity contribution in [2.45, 2.75) is 0 Å². The van der Waals surface area contributed by atoms with Gasteiger partial charge in [0, 0.05) is 11.6 Å². The van der Waals surface area contributed by atoms with Gasteiger partial charge in [-0.1, -0.05) is 0 Å². The van der Waals surface area contributed by atoms with Crippen LogP contribution in [0.4, 0.5) is 8.78 Å². The molecule has 0 aliphatic heterocycles. The van der Waals surface area contributed by atoms with Gasteiger partial charge in [-0.2, -0.15) is 0 Å². The van der Waals surface area contributed by atoms with E-state index in [2.05, 4.69) is 0 Å². The van der Waals surface area contributed by atoms with Crippen LogP contribution < -0.4 is 15.2 Å². The number of benzene rings is 1. The SMILES string of the molecule is NC(=O)c1cc(OCCF)cc(OCCF)c1. The van der Waals surface area contributed by atoms with E-state index in [0.29, 0.717) is 0 Å². The van der Waals surface area contributed by atoms with Crippen LogP contribution >= 0.6 is 0 Å². The fraction of sp³-hybridized carbons (Fsp3) is 0.364. The highest BCUT2D eigenvalue weighted by Gasteiger charge is 2.07. The predicted octanol–water partition coefficient (Wildman–Crippen LogP) is 1.48. The summed E-state index contributed by atoms with van der Waals surface area (Å²) in [7, 11) is 0.